The summed E-state index contributed by atoms with van der Waals surface area (Å²) in [6.07, 6.45) is 5.78. The minimum Gasteiger partial charge on any atom is -0.365 e. The van der Waals surface area contributed by atoms with Crippen LogP contribution in [0.1, 0.15) is 44.8 Å². The fraction of sp³-hybridized carbons (Fsp3) is 0.167. The molecular formula is C24H22N2O2S. The van der Waals surface area contributed by atoms with E-state index in [9.17, 15) is 9.59 Å². The van der Waals surface area contributed by atoms with Crippen molar-refractivity contribution in [2.24, 2.45) is 5.73 Å². The molecule has 5 heteroatoms. The number of aryl methyl sites for hydroxylation is 1. The number of hydrogen-bond donors (Lipinski definition) is 2. The number of carbonyl (C=O) groups excluding carboxylic acids is 2. The van der Waals surface area contributed by atoms with E-state index in [1.54, 1.807) is 0 Å². The third-order valence-electron chi connectivity index (χ3n) is 5.08. The molecular weight excluding hydrogens is 380 g/mol. The molecule has 4 rings (SSSR count). The number of benzene rings is 2. The Labute approximate surface area is 174 Å². The number of fused-ring (bicyclic) bond motifs is 1. The Morgan fingerprint density at radius 1 is 0.931 bits per heavy atom. The van der Waals surface area contributed by atoms with Crippen LogP contribution in [0.15, 0.2) is 60.7 Å². The number of nitrogens with one attached hydrogen (secondary N) is 1. The molecule has 2 aromatic carbocycles. The average molecular weight is 403 g/mol. The van der Waals surface area contributed by atoms with Gasteiger partial charge in [-0.2, -0.15) is 0 Å². The summed E-state index contributed by atoms with van der Waals surface area (Å²) in [6, 6.07) is 19.3. The van der Waals surface area contributed by atoms with Crippen molar-refractivity contribution in [2.75, 3.05) is 5.32 Å². The monoisotopic (exact) mass is 402 g/mol. The number of hydrogen-bond acceptors (Lipinski definition) is 3. The van der Waals surface area contributed by atoms with Crippen LogP contribution < -0.4 is 11.1 Å². The van der Waals surface area contributed by atoms with Crippen molar-refractivity contribution >= 4 is 39.8 Å². The van der Waals surface area contributed by atoms with E-state index in [0.29, 0.717) is 16.1 Å². The number of thiophene rings is 1. The van der Waals surface area contributed by atoms with Gasteiger partial charge in [-0.3, -0.25) is 9.59 Å². The minimum absolute atomic E-state index is 0.249. The number of amides is 2. The first-order chi connectivity index (χ1) is 14.1. The Morgan fingerprint density at radius 3 is 2.28 bits per heavy atom. The normalized spacial score (nSPS) is 13.6. The van der Waals surface area contributed by atoms with Gasteiger partial charge in [0, 0.05) is 10.5 Å². The zero-order valence-corrected chi connectivity index (χ0v) is 16.8. The molecule has 29 heavy (non-hydrogen) atoms. The molecule has 0 saturated carbocycles. The SMILES string of the molecule is NC(=O)c1c(NC(=O)/C(=C/c2ccccc2)c2ccccc2)sc2c1CCCC2. The number of rotatable bonds is 5. The van der Waals surface area contributed by atoms with Gasteiger partial charge in [-0.15, -0.1) is 11.3 Å². The van der Waals surface area contributed by atoms with Crippen molar-refractivity contribution in [3.05, 3.63) is 87.8 Å². The molecule has 1 aliphatic rings. The molecule has 1 aromatic heterocycles. The molecule has 146 valence electrons. The molecule has 3 aromatic rings. The van der Waals surface area contributed by atoms with Crippen LogP contribution in [0.3, 0.4) is 0 Å². The highest BCUT2D eigenvalue weighted by Gasteiger charge is 2.25. The third-order valence-corrected chi connectivity index (χ3v) is 6.29. The molecule has 0 bridgehead atoms. The second-order valence-electron chi connectivity index (χ2n) is 7.07. The van der Waals surface area contributed by atoms with Gasteiger partial charge in [-0.05, 0) is 48.4 Å². The molecule has 1 heterocycles. The van der Waals surface area contributed by atoms with Gasteiger partial charge in [0.15, 0.2) is 0 Å². The van der Waals surface area contributed by atoms with E-state index < -0.39 is 5.91 Å². The van der Waals surface area contributed by atoms with Gasteiger partial charge in [0.25, 0.3) is 11.8 Å². The first kappa shape index (κ1) is 19.2. The van der Waals surface area contributed by atoms with Crippen LogP contribution >= 0.6 is 11.3 Å². The standard InChI is InChI=1S/C24H22N2O2S/c25-22(27)21-18-13-7-8-14-20(18)29-24(21)26-23(28)19(17-11-5-2-6-12-17)15-16-9-3-1-4-10-16/h1-6,9-12,15H,7-8,13-14H2,(H2,25,27)(H,26,28)/b19-15+. The Balaban J connectivity index is 1.72. The van der Waals surface area contributed by atoms with E-state index in [4.69, 9.17) is 5.73 Å². The van der Waals surface area contributed by atoms with E-state index in [2.05, 4.69) is 5.32 Å². The number of nitrogens with two attached hydrogens (primary N) is 1. The van der Waals surface area contributed by atoms with Crippen LogP contribution in [-0.2, 0) is 17.6 Å². The first-order valence-corrected chi connectivity index (χ1v) is 10.5. The molecule has 0 saturated heterocycles. The first-order valence-electron chi connectivity index (χ1n) is 9.71. The highest BCUT2D eigenvalue weighted by molar-refractivity contribution is 7.17. The van der Waals surface area contributed by atoms with Gasteiger partial charge < -0.3 is 11.1 Å². The van der Waals surface area contributed by atoms with E-state index in [1.165, 1.54) is 11.3 Å². The Bertz CT molecular complexity index is 1070. The lowest BCUT2D eigenvalue weighted by molar-refractivity contribution is -0.111. The lowest BCUT2D eigenvalue weighted by Crippen LogP contribution is -2.19. The Kier molecular flexibility index (Phi) is 5.58. The molecule has 0 atom stereocenters. The van der Waals surface area contributed by atoms with Gasteiger partial charge >= 0.3 is 0 Å². The maximum Gasteiger partial charge on any atom is 0.256 e. The largest absolute Gasteiger partial charge is 0.365 e. The molecule has 0 spiro atoms. The minimum atomic E-state index is -0.479. The van der Waals surface area contributed by atoms with Crippen LogP contribution in [0.4, 0.5) is 5.00 Å². The molecule has 0 radical (unpaired) electrons. The fourth-order valence-electron chi connectivity index (χ4n) is 3.70. The summed E-state index contributed by atoms with van der Waals surface area (Å²) in [4.78, 5) is 26.6. The number of primary amides is 1. The van der Waals surface area contributed by atoms with E-state index >= 15 is 0 Å². The van der Waals surface area contributed by atoms with Crippen molar-refractivity contribution in [1.29, 1.82) is 0 Å². The van der Waals surface area contributed by atoms with Crippen LogP contribution in [0.2, 0.25) is 0 Å². The van der Waals surface area contributed by atoms with Crippen LogP contribution in [0.5, 0.6) is 0 Å². The van der Waals surface area contributed by atoms with Gasteiger partial charge in [0.05, 0.1) is 5.56 Å². The van der Waals surface area contributed by atoms with Gasteiger partial charge in [-0.1, -0.05) is 60.7 Å². The summed E-state index contributed by atoms with van der Waals surface area (Å²) >= 11 is 1.48. The van der Waals surface area contributed by atoms with E-state index in [1.807, 2.05) is 66.7 Å². The zero-order valence-electron chi connectivity index (χ0n) is 16.0. The Hall–Kier alpha value is -3.18. The molecule has 2 amide bonds. The van der Waals surface area contributed by atoms with E-state index in [-0.39, 0.29) is 5.91 Å². The van der Waals surface area contributed by atoms with E-state index in [0.717, 1.165) is 47.3 Å². The topological polar surface area (TPSA) is 72.2 Å². The maximum absolute atomic E-state index is 13.3. The smallest absolute Gasteiger partial charge is 0.256 e. The van der Waals surface area contributed by atoms with Gasteiger partial charge in [0.2, 0.25) is 0 Å². The number of carbonyl (C=O) groups is 2. The Morgan fingerprint density at radius 2 is 1.59 bits per heavy atom. The van der Waals surface area contributed by atoms with Crippen LogP contribution in [0.25, 0.3) is 11.6 Å². The fourth-order valence-corrected chi connectivity index (χ4v) is 4.99. The summed E-state index contributed by atoms with van der Waals surface area (Å²) in [5.74, 6) is -0.728. The summed E-state index contributed by atoms with van der Waals surface area (Å²) in [7, 11) is 0. The molecule has 0 aliphatic heterocycles. The predicted molar refractivity (Wildman–Crippen MR) is 119 cm³/mol. The van der Waals surface area contributed by atoms with Crippen molar-refractivity contribution in [3.63, 3.8) is 0 Å². The molecule has 0 fully saturated rings. The van der Waals surface area contributed by atoms with Crippen molar-refractivity contribution < 1.29 is 9.59 Å². The van der Waals surface area contributed by atoms with Gasteiger partial charge in [-0.25, -0.2) is 0 Å². The summed E-state index contributed by atoms with van der Waals surface area (Å²) in [6.45, 7) is 0. The maximum atomic E-state index is 13.3. The quantitative estimate of drug-likeness (QED) is 0.470. The highest BCUT2D eigenvalue weighted by Crippen LogP contribution is 2.38. The summed E-state index contributed by atoms with van der Waals surface area (Å²) < 4.78 is 0. The third kappa shape index (κ3) is 4.15. The lowest BCUT2D eigenvalue weighted by atomic mass is 9.95. The van der Waals surface area contributed by atoms with Gasteiger partial charge in [0.1, 0.15) is 5.00 Å². The predicted octanol–water partition coefficient (Wildman–Crippen LogP) is 4.91. The molecule has 0 unspecified atom stereocenters. The zero-order chi connectivity index (χ0) is 20.2. The second kappa shape index (κ2) is 8.45. The summed E-state index contributed by atoms with van der Waals surface area (Å²) in [5, 5.41) is 3.54. The van der Waals surface area contributed by atoms with Crippen molar-refractivity contribution in [3.8, 4) is 0 Å². The van der Waals surface area contributed by atoms with Crippen LogP contribution in [0, 0.1) is 0 Å². The van der Waals surface area contributed by atoms with Crippen molar-refractivity contribution in [1.82, 2.24) is 0 Å². The number of anilines is 1. The molecule has 3 N–H and O–H groups in total. The highest BCUT2D eigenvalue weighted by atomic mass is 32.1. The molecule has 1 aliphatic carbocycles. The molecule has 4 nitrogen and oxygen atoms in total. The average Bonchev–Trinajstić information content (AvgIpc) is 3.11. The lowest BCUT2D eigenvalue weighted by Gasteiger charge is -2.11. The second-order valence-corrected chi connectivity index (χ2v) is 8.17. The van der Waals surface area contributed by atoms with Crippen molar-refractivity contribution in [2.45, 2.75) is 25.7 Å². The summed E-state index contributed by atoms with van der Waals surface area (Å²) in [5.41, 5.74) is 9.45. The van der Waals surface area contributed by atoms with Crippen LogP contribution in [-0.4, -0.2) is 11.8 Å².